The van der Waals surface area contributed by atoms with Crippen molar-refractivity contribution in [1.29, 1.82) is 0 Å². The Morgan fingerprint density at radius 2 is 1.90 bits per heavy atom. The lowest BCUT2D eigenvalue weighted by atomic mass is 10.1. The monoisotopic (exact) mass is 296 g/mol. The summed E-state index contributed by atoms with van der Waals surface area (Å²) in [6, 6.07) is 6.51. The van der Waals surface area contributed by atoms with Crippen molar-refractivity contribution >= 4 is 23.6 Å². The molecule has 0 fully saturated rings. The summed E-state index contributed by atoms with van der Waals surface area (Å²) >= 11 is 1.61. The molecule has 3 N–H and O–H groups in total. The average Bonchev–Trinajstić information content (AvgIpc) is 2.38. The zero-order chi connectivity index (χ0) is 15.1. The minimum Gasteiger partial charge on any atom is -0.480 e. The second kappa shape index (κ2) is 7.91. The molecule has 0 aliphatic rings. The number of hydrogen-bond donors (Lipinski definition) is 3. The van der Waals surface area contributed by atoms with Gasteiger partial charge in [-0.15, -0.1) is 11.8 Å². The molecule has 2 atom stereocenters. The Hall–Kier alpha value is -1.53. The zero-order valence-electron chi connectivity index (χ0n) is 11.8. The molecule has 2 unspecified atom stereocenters. The van der Waals surface area contributed by atoms with E-state index >= 15 is 0 Å². The number of thioether (sulfide) groups is 1. The number of nitrogens with one attached hydrogen (secondary N) is 2. The van der Waals surface area contributed by atoms with Gasteiger partial charge in [-0.1, -0.05) is 12.1 Å². The van der Waals surface area contributed by atoms with Crippen LogP contribution in [0.1, 0.15) is 25.5 Å². The Bertz CT molecular complexity index is 462. The van der Waals surface area contributed by atoms with E-state index < -0.39 is 12.0 Å². The maximum absolute atomic E-state index is 11.3. The van der Waals surface area contributed by atoms with Crippen molar-refractivity contribution in [3.8, 4) is 0 Å². The molecule has 20 heavy (non-hydrogen) atoms. The SMILES string of the molecule is CSc1ccc(C(NCC(C)NC(C)=O)C(=O)O)cc1. The van der Waals surface area contributed by atoms with Crippen LogP contribution in [-0.2, 0) is 9.59 Å². The van der Waals surface area contributed by atoms with Crippen molar-refractivity contribution in [3.05, 3.63) is 29.8 Å². The number of hydrogen-bond acceptors (Lipinski definition) is 4. The Kier molecular flexibility index (Phi) is 6.54. The molecule has 1 amide bonds. The highest BCUT2D eigenvalue weighted by Crippen LogP contribution is 2.19. The summed E-state index contributed by atoms with van der Waals surface area (Å²) in [6.45, 7) is 3.65. The molecule has 1 aromatic carbocycles. The van der Waals surface area contributed by atoms with Gasteiger partial charge in [-0.25, -0.2) is 0 Å². The molecular weight excluding hydrogens is 276 g/mol. The number of carbonyl (C=O) groups is 2. The lowest BCUT2D eigenvalue weighted by molar-refractivity contribution is -0.139. The van der Waals surface area contributed by atoms with Gasteiger partial charge in [0, 0.05) is 24.4 Å². The summed E-state index contributed by atoms with van der Waals surface area (Å²) in [5.41, 5.74) is 0.699. The zero-order valence-corrected chi connectivity index (χ0v) is 12.7. The van der Waals surface area contributed by atoms with Crippen LogP contribution in [0, 0.1) is 0 Å². The number of amides is 1. The Labute approximate surface area is 123 Å². The number of aliphatic carboxylic acids is 1. The Balaban J connectivity index is 2.68. The standard InChI is InChI=1S/C14H20N2O3S/c1-9(16-10(2)17)8-15-13(14(18)19)11-4-6-12(20-3)7-5-11/h4-7,9,13,15H,8H2,1-3H3,(H,16,17)(H,18,19). The summed E-state index contributed by atoms with van der Waals surface area (Å²) in [6.07, 6.45) is 1.97. The molecule has 0 radical (unpaired) electrons. The minimum absolute atomic E-state index is 0.125. The van der Waals surface area contributed by atoms with Gasteiger partial charge in [0.15, 0.2) is 0 Å². The first-order valence-corrected chi connectivity index (χ1v) is 7.53. The van der Waals surface area contributed by atoms with E-state index in [0.717, 1.165) is 4.90 Å². The third-order valence-corrected chi connectivity index (χ3v) is 3.52. The van der Waals surface area contributed by atoms with Crippen molar-refractivity contribution in [2.75, 3.05) is 12.8 Å². The molecule has 0 saturated carbocycles. The largest absolute Gasteiger partial charge is 0.480 e. The van der Waals surface area contributed by atoms with E-state index in [0.29, 0.717) is 12.1 Å². The minimum atomic E-state index is -0.933. The lowest BCUT2D eigenvalue weighted by Crippen LogP contribution is -2.41. The highest BCUT2D eigenvalue weighted by molar-refractivity contribution is 7.98. The van der Waals surface area contributed by atoms with Crippen LogP contribution in [0.25, 0.3) is 0 Å². The van der Waals surface area contributed by atoms with Crippen molar-refractivity contribution in [1.82, 2.24) is 10.6 Å². The number of rotatable bonds is 7. The number of carboxylic acid groups (broad SMARTS) is 1. The summed E-state index contributed by atoms with van der Waals surface area (Å²) < 4.78 is 0. The van der Waals surface area contributed by atoms with Crippen molar-refractivity contribution < 1.29 is 14.7 Å². The second-order valence-corrected chi connectivity index (χ2v) is 5.43. The fourth-order valence-electron chi connectivity index (χ4n) is 1.84. The van der Waals surface area contributed by atoms with Crippen LogP contribution in [0.3, 0.4) is 0 Å². The first kappa shape index (κ1) is 16.5. The quantitative estimate of drug-likeness (QED) is 0.667. The van der Waals surface area contributed by atoms with Gasteiger partial charge in [0.25, 0.3) is 0 Å². The van der Waals surface area contributed by atoms with Gasteiger partial charge in [0.2, 0.25) is 5.91 Å². The van der Waals surface area contributed by atoms with Crippen molar-refractivity contribution in [2.24, 2.45) is 0 Å². The van der Waals surface area contributed by atoms with Gasteiger partial charge in [-0.2, -0.15) is 0 Å². The van der Waals surface area contributed by atoms with Crippen LogP contribution in [0.15, 0.2) is 29.2 Å². The Morgan fingerprint density at radius 1 is 1.30 bits per heavy atom. The fraction of sp³-hybridized carbons (Fsp3) is 0.429. The van der Waals surface area contributed by atoms with E-state index in [1.165, 1.54) is 6.92 Å². The van der Waals surface area contributed by atoms with Gasteiger partial charge in [0.05, 0.1) is 0 Å². The molecule has 1 rings (SSSR count). The van der Waals surface area contributed by atoms with Crippen LogP contribution in [0.2, 0.25) is 0 Å². The van der Waals surface area contributed by atoms with E-state index in [1.54, 1.807) is 23.9 Å². The van der Waals surface area contributed by atoms with Gasteiger partial charge in [0.1, 0.15) is 6.04 Å². The topological polar surface area (TPSA) is 78.4 Å². The molecule has 0 saturated heterocycles. The highest BCUT2D eigenvalue weighted by Gasteiger charge is 2.20. The molecule has 0 aliphatic carbocycles. The van der Waals surface area contributed by atoms with Gasteiger partial charge >= 0.3 is 5.97 Å². The van der Waals surface area contributed by atoms with Crippen molar-refractivity contribution in [2.45, 2.75) is 30.8 Å². The predicted octanol–water partition coefficient (Wildman–Crippen LogP) is 1.65. The summed E-state index contributed by atoms with van der Waals surface area (Å²) in [5, 5.41) is 15.0. The van der Waals surface area contributed by atoms with Gasteiger partial charge in [-0.3, -0.25) is 14.9 Å². The van der Waals surface area contributed by atoms with Gasteiger partial charge < -0.3 is 10.4 Å². The van der Waals surface area contributed by atoms with Crippen molar-refractivity contribution in [3.63, 3.8) is 0 Å². The Morgan fingerprint density at radius 3 is 2.35 bits per heavy atom. The summed E-state index contributed by atoms with van der Waals surface area (Å²) in [4.78, 5) is 23.3. The lowest BCUT2D eigenvalue weighted by Gasteiger charge is -2.19. The molecule has 0 aromatic heterocycles. The van der Waals surface area contributed by atoms with E-state index in [-0.39, 0.29) is 11.9 Å². The van der Waals surface area contributed by atoms with Crippen LogP contribution < -0.4 is 10.6 Å². The number of carbonyl (C=O) groups excluding carboxylic acids is 1. The third-order valence-electron chi connectivity index (χ3n) is 2.77. The fourth-order valence-corrected chi connectivity index (χ4v) is 2.24. The van der Waals surface area contributed by atoms with Gasteiger partial charge in [-0.05, 0) is 30.9 Å². The molecule has 0 bridgehead atoms. The molecule has 0 aliphatic heterocycles. The summed E-state index contributed by atoms with van der Waals surface area (Å²) in [5.74, 6) is -1.06. The molecule has 6 heteroatoms. The maximum atomic E-state index is 11.3. The van der Waals surface area contributed by atoms with Crippen LogP contribution >= 0.6 is 11.8 Å². The van der Waals surface area contributed by atoms with E-state index in [9.17, 15) is 14.7 Å². The normalized spacial score (nSPS) is 13.6. The first-order valence-electron chi connectivity index (χ1n) is 6.31. The smallest absolute Gasteiger partial charge is 0.325 e. The predicted molar refractivity (Wildman–Crippen MR) is 79.9 cm³/mol. The highest BCUT2D eigenvalue weighted by atomic mass is 32.2. The number of benzene rings is 1. The molecule has 0 heterocycles. The molecule has 0 spiro atoms. The molecule has 110 valence electrons. The molecule has 1 aromatic rings. The van der Waals surface area contributed by atoms with E-state index in [1.807, 2.05) is 25.3 Å². The first-order chi connectivity index (χ1) is 9.43. The van der Waals surface area contributed by atoms with E-state index in [4.69, 9.17) is 0 Å². The molecule has 5 nitrogen and oxygen atoms in total. The molecular formula is C14H20N2O3S. The summed E-state index contributed by atoms with van der Waals surface area (Å²) in [7, 11) is 0. The van der Waals surface area contributed by atoms with Crippen LogP contribution in [0.5, 0.6) is 0 Å². The van der Waals surface area contributed by atoms with Crippen LogP contribution in [0.4, 0.5) is 0 Å². The van der Waals surface area contributed by atoms with Crippen LogP contribution in [-0.4, -0.2) is 35.8 Å². The average molecular weight is 296 g/mol. The van der Waals surface area contributed by atoms with E-state index in [2.05, 4.69) is 10.6 Å². The number of carboxylic acids is 1. The maximum Gasteiger partial charge on any atom is 0.325 e. The second-order valence-electron chi connectivity index (χ2n) is 4.55. The third kappa shape index (κ3) is 5.22.